The number of anilines is 1. The predicted octanol–water partition coefficient (Wildman–Crippen LogP) is 2.38. The number of nitrogens with two attached hydrogens (primary N) is 1. The van der Waals surface area contributed by atoms with Crippen molar-refractivity contribution in [1.29, 1.82) is 0 Å². The molecule has 18 heavy (non-hydrogen) atoms. The van der Waals surface area contributed by atoms with E-state index in [1.807, 2.05) is 11.3 Å². The van der Waals surface area contributed by atoms with Gasteiger partial charge in [0.15, 0.2) is 0 Å². The fourth-order valence-electron chi connectivity index (χ4n) is 3.36. The summed E-state index contributed by atoms with van der Waals surface area (Å²) in [7, 11) is 0. The minimum absolute atomic E-state index is 0.979. The minimum Gasteiger partial charge on any atom is -0.318 e. The van der Waals surface area contributed by atoms with Crippen LogP contribution in [-0.4, -0.2) is 4.98 Å². The fraction of sp³-hybridized carbons (Fsp3) is 0.571. The zero-order valence-electron chi connectivity index (χ0n) is 10.5. The molecule has 0 aromatic carbocycles. The van der Waals surface area contributed by atoms with E-state index in [-0.39, 0.29) is 0 Å². The Labute approximate surface area is 111 Å². The molecule has 2 N–H and O–H groups in total. The lowest BCUT2D eigenvalue weighted by Gasteiger charge is -2.03. The van der Waals surface area contributed by atoms with Crippen LogP contribution in [0.4, 0.5) is 5.82 Å². The summed E-state index contributed by atoms with van der Waals surface area (Å²) < 4.78 is 2.24. The van der Waals surface area contributed by atoms with Gasteiger partial charge in [0.1, 0.15) is 5.39 Å². The van der Waals surface area contributed by atoms with Gasteiger partial charge in [-0.05, 0) is 37.7 Å². The van der Waals surface area contributed by atoms with Crippen molar-refractivity contribution in [3.05, 3.63) is 16.3 Å². The lowest BCUT2D eigenvalue weighted by atomic mass is 10.1. The van der Waals surface area contributed by atoms with E-state index in [1.165, 1.54) is 60.1 Å². The second-order valence-electron chi connectivity index (χ2n) is 5.41. The Kier molecular flexibility index (Phi) is 2.34. The largest absolute Gasteiger partial charge is 0.318 e. The quantitative estimate of drug-likeness (QED) is 0.584. The average Bonchev–Trinajstić information content (AvgIpc) is 2.89. The third-order valence-corrected chi connectivity index (χ3v) is 5.46. The van der Waals surface area contributed by atoms with Crippen molar-refractivity contribution < 1.29 is 4.57 Å². The molecule has 0 amide bonds. The maximum Gasteiger partial charge on any atom is 0.240 e. The summed E-state index contributed by atoms with van der Waals surface area (Å²) in [5.41, 5.74) is 7.93. The number of fused-ring (bicyclic) bond motifs is 4. The monoisotopic (exact) mass is 260 g/mol. The van der Waals surface area contributed by atoms with E-state index in [0.717, 1.165) is 18.8 Å². The van der Waals surface area contributed by atoms with Crippen LogP contribution in [0.2, 0.25) is 0 Å². The van der Waals surface area contributed by atoms with Crippen molar-refractivity contribution >= 4 is 27.4 Å². The zero-order valence-corrected chi connectivity index (χ0v) is 11.4. The van der Waals surface area contributed by atoms with Gasteiger partial charge in [0.05, 0.1) is 6.54 Å². The summed E-state index contributed by atoms with van der Waals surface area (Å²) in [6.45, 7) is 1.05. The Morgan fingerprint density at radius 3 is 2.89 bits per heavy atom. The average molecular weight is 260 g/mol. The molecule has 4 rings (SSSR count). The van der Waals surface area contributed by atoms with Crippen molar-refractivity contribution in [1.82, 2.24) is 4.98 Å². The first-order valence-corrected chi connectivity index (χ1v) is 7.78. The van der Waals surface area contributed by atoms with Crippen LogP contribution in [0.15, 0.2) is 0 Å². The van der Waals surface area contributed by atoms with E-state index in [2.05, 4.69) is 4.57 Å². The Morgan fingerprint density at radius 2 is 1.94 bits per heavy atom. The number of rotatable bonds is 0. The Morgan fingerprint density at radius 1 is 1.06 bits per heavy atom. The van der Waals surface area contributed by atoms with Crippen molar-refractivity contribution in [2.45, 2.75) is 51.5 Å². The van der Waals surface area contributed by atoms with Gasteiger partial charge in [-0.2, -0.15) is 0 Å². The number of aromatic nitrogens is 2. The highest BCUT2D eigenvalue weighted by Crippen LogP contribution is 2.37. The summed E-state index contributed by atoms with van der Waals surface area (Å²) in [5.74, 6) is 2.17. The van der Waals surface area contributed by atoms with Gasteiger partial charge in [0.2, 0.25) is 16.5 Å². The smallest absolute Gasteiger partial charge is 0.240 e. The molecule has 2 aromatic rings. The molecule has 0 saturated heterocycles. The summed E-state index contributed by atoms with van der Waals surface area (Å²) in [6.07, 6.45) is 8.69. The van der Waals surface area contributed by atoms with E-state index in [1.54, 1.807) is 4.88 Å². The van der Waals surface area contributed by atoms with Gasteiger partial charge in [-0.3, -0.25) is 0 Å². The summed E-state index contributed by atoms with van der Waals surface area (Å²) in [4.78, 5) is 7.59. The highest BCUT2D eigenvalue weighted by molar-refractivity contribution is 7.18. The lowest BCUT2D eigenvalue weighted by molar-refractivity contribution is -0.678. The molecule has 2 aromatic heterocycles. The molecule has 0 atom stereocenters. The standard InChI is InChI=1S/C14H17N3S/c15-13-12-9-5-2-1-3-6-10(9)18-14(12)16-11-7-4-8-17(11)13/h15H,1-8H2/p+1. The van der Waals surface area contributed by atoms with E-state index >= 15 is 0 Å². The third-order valence-electron chi connectivity index (χ3n) is 4.27. The molecule has 1 aliphatic heterocycles. The number of thiophene rings is 1. The molecule has 0 unspecified atom stereocenters. The van der Waals surface area contributed by atoms with Gasteiger partial charge in [0.25, 0.3) is 0 Å². The zero-order chi connectivity index (χ0) is 12.1. The Bertz CT molecular complexity index is 630. The van der Waals surface area contributed by atoms with Crippen molar-refractivity contribution in [2.24, 2.45) is 0 Å². The first kappa shape index (κ1) is 10.7. The molecule has 0 saturated carbocycles. The number of nitrogens with zero attached hydrogens (tertiary/aromatic N) is 2. The van der Waals surface area contributed by atoms with E-state index in [4.69, 9.17) is 10.7 Å². The third kappa shape index (κ3) is 1.41. The molecular formula is C14H18N3S+. The lowest BCUT2D eigenvalue weighted by Crippen LogP contribution is -2.37. The summed E-state index contributed by atoms with van der Waals surface area (Å²) >= 11 is 1.89. The van der Waals surface area contributed by atoms with Crippen LogP contribution < -0.4 is 10.3 Å². The van der Waals surface area contributed by atoms with Crippen LogP contribution in [0.25, 0.3) is 10.2 Å². The van der Waals surface area contributed by atoms with Crippen LogP contribution in [0.1, 0.15) is 41.9 Å². The summed E-state index contributed by atoms with van der Waals surface area (Å²) in [5, 5.41) is 1.28. The molecular weight excluding hydrogens is 242 g/mol. The minimum atomic E-state index is 0.979. The number of hydrogen-bond donors (Lipinski definition) is 1. The second-order valence-corrected chi connectivity index (χ2v) is 6.50. The van der Waals surface area contributed by atoms with Gasteiger partial charge < -0.3 is 5.73 Å². The first-order valence-electron chi connectivity index (χ1n) is 6.97. The van der Waals surface area contributed by atoms with Crippen LogP contribution in [-0.2, 0) is 25.8 Å². The SMILES string of the molecule is Nc1c2c3c(sc2nc2[n+]1CCC2)CCCCC3. The summed E-state index contributed by atoms with van der Waals surface area (Å²) in [6, 6.07) is 0. The number of nitrogen functional groups attached to an aromatic ring is 1. The van der Waals surface area contributed by atoms with E-state index in [0.29, 0.717) is 0 Å². The van der Waals surface area contributed by atoms with Gasteiger partial charge >= 0.3 is 0 Å². The molecule has 2 aliphatic rings. The van der Waals surface area contributed by atoms with Gasteiger partial charge in [-0.1, -0.05) is 11.4 Å². The van der Waals surface area contributed by atoms with Crippen LogP contribution in [0.5, 0.6) is 0 Å². The first-order chi connectivity index (χ1) is 8.84. The molecule has 3 heterocycles. The van der Waals surface area contributed by atoms with E-state index in [9.17, 15) is 0 Å². The Balaban J connectivity index is 2.02. The molecule has 0 bridgehead atoms. The molecule has 0 fully saturated rings. The highest BCUT2D eigenvalue weighted by atomic mass is 32.1. The maximum absolute atomic E-state index is 6.42. The van der Waals surface area contributed by atoms with Crippen molar-refractivity contribution in [2.75, 3.05) is 5.73 Å². The molecule has 1 aliphatic carbocycles. The van der Waals surface area contributed by atoms with Crippen LogP contribution in [0.3, 0.4) is 0 Å². The molecule has 0 spiro atoms. The molecule has 0 radical (unpaired) electrons. The number of hydrogen-bond acceptors (Lipinski definition) is 3. The van der Waals surface area contributed by atoms with Gasteiger partial charge in [-0.25, -0.2) is 4.57 Å². The predicted molar refractivity (Wildman–Crippen MR) is 73.8 cm³/mol. The van der Waals surface area contributed by atoms with Crippen LogP contribution >= 0.6 is 11.3 Å². The van der Waals surface area contributed by atoms with Crippen LogP contribution in [0, 0.1) is 0 Å². The van der Waals surface area contributed by atoms with Crippen molar-refractivity contribution in [3.63, 3.8) is 0 Å². The highest BCUT2D eigenvalue weighted by Gasteiger charge is 2.28. The van der Waals surface area contributed by atoms with Gasteiger partial charge in [-0.15, -0.1) is 11.3 Å². The van der Waals surface area contributed by atoms with E-state index < -0.39 is 0 Å². The Hall–Kier alpha value is -1.16. The fourth-order valence-corrected chi connectivity index (χ4v) is 4.65. The van der Waals surface area contributed by atoms with Gasteiger partial charge in [0, 0.05) is 11.3 Å². The molecule has 4 heteroatoms. The normalized spacial score (nSPS) is 18.7. The second kappa shape index (κ2) is 3.92. The molecule has 3 nitrogen and oxygen atoms in total. The van der Waals surface area contributed by atoms with Crippen molar-refractivity contribution in [3.8, 4) is 0 Å². The topological polar surface area (TPSA) is 42.8 Å². The molecule has 94 valence electrons. The maximum atomic E-state index is 6.42. The number of aryl methyl sites for hydroxylation is 3.